The van der Waals surface area contributed by atoms with Gasteiger partial charge in [0.25, 0.3) is 5.91 Å². The lowest BCUT2D eigenvalue weighted by Gasteiger charge is -2.36. The zero-order valence-corrected chi connectivity index (χ0v) is 18.2. The van der Waals surface area contributed by atoms with Crippen LogP contribution in [0.25, 0.3) is 22.0 Å². The van der Waals surface area contributed by atoms with Crippen molar-refractivity contribution in [1.82, 2.24) is 4.98 Å². The molecule has 6 heteroatoms. The summed E-state index contributed by atoms with van der Waals surface area (Å²) in [5.74, 6) is -0.236. The highest BCUT2D eigenvalue weighted by Gasteiger charge is 2.52. The number of rotatable bonds is 2. The van der Waals surface area contributed by atoms with E-state index in [1.165, 1.54) is 0 Å². The van der Waals surface area contributed by atoms with E-state index in [0.29, 0.717) is 11.3 Å². The predicted octanol–water partition coefficient (Wildman–Crippen LogP) is 5.94. The number of nitrogens with one attached hydrogen (secondary N) is 1. The lowest BCUT2D eigenvalue weighted by Crippen LogP contribution is -2.36. The van der Waals surface area contributed by atoms with Gasteiger partial charge in [-0.15, -0.1) is 0 Å². The van der Waals surface area contributed by atoms with Gasteiger partial charge < -0.3 is 10.1 Å². The largest absolute Gasteiger partial charge is 0.441 e. The molecular formula is C27H21N3O3. The van der Waals surface area contributed by atoms with Gasteiger partial charge in [0.05, 0.1) is 16.9 Å². The van der Waals surface area contributed by atoms with Crippen molar-refractivity contribution in [2.45, 2.75) is 25.5 Å². The van der Waals surface area contributed by atoms with Gasteiger partial charge in [0.1, 0.15) is 11.6 Å². The number of anilines is 2. The maximum Gasteiger partial charge on any atom is 0.415 e. The summed E-state index contributed by atoms with van der Waals surface area (Å²) < 4.78 is 5.71. The van der Waals surface area contributed by atoms with Crippen LogP contribution in [0.3, 0.4) is 0 Å². The fraction of sp³-hybridized carbons (Fsp3) is 0.148. The minimum atomic E-state index is -0.664. The first kappa shape index (κ1) is 19.5. The second-order valence-electron chi connectivity index (χ2n) is 8.90. The first-order valence-corrected chi connectivity index (χ1v) is 10.8. The van der Waals surface area contributed by atoms with E-state index in [2.05, 4.69) is 10.3 Å². The molecule has 6 rings (SSSR count). The third-order valence-corrected chi connectivity index (χ3v) is 6.41. The highest BCUT2D eigenvalue weighted by Crippen LogP contribution is 2.53. The lowest BCUT2D eigenvalue weighted by atomic mass is 9.82. The molecule has 2 aliphatic heterocycles. The van der Waals surface area contributed by atoms with E-state index in [9.17, 15) is 9.59 Å². The predicted molar refractivity (Wildman–Crippen MR) is 127 cm³/mol. The quantitative estimate of drug-likeness (QED) is 0.423. The van der Waals surface area contributed by atoms with Crippen molar-refractivity contribution in [3.63, 3.8) is 0 Å². The summed E-state index contributed by atoms with van der Waals surface area (Å²) >= 11 is 0. The van der Waals surface area contributed by atoms with Crippen molar-refractivity contribution in [2.75, 3.05) is 10.2 Å². The number of carbonyl (C=O) groups is 2. The second-order valence-corrected chi connectivity index (χ2v) is 8.90. The van der Waals surface area contributed by atoms with Crippen molar-refractivity contribution in [3.8, 4) is 11.1 Å². The molecule has 4 aromatic rings. The van der Waals surface area contributed by atoms with Gasteiger partial charge >= 0.3 is 6.09 Å². The van der Waals surface area contributed by atoms with E-state index < -0.39 is 5.60 Å². The Balaban J connectivity index is 1.43. The lowest BCUT2D eigenvalue weighted by molar-refractivity contribution is 0.0685. The first-order chi connectivity index (χ1) is 15.9. The average Bonchev–Trinajstić information content (AvgIpc) is 3.07. The highest BCUT2D eigenvalue weighted by atomic mass is 16.6. The molecule has 6 nitrogen and oxygen atoms in total. The fourth-order valence-electron chi connectivity index (χ4n) is 4.98. The molecule has 1 saturated heterocycles. The Morgan fingerprint density at radius 1 is 1.00 bits per heavy atom. The number of carbonyl (C=O) groups excluding carboxylic acids is 2. The summed E-state index contributed by atoms with van der Waals surface area (Å²) in [4.78, 5) is 32.1. The number of hydrogen-bond acceptors (Lipinski definition) is 4. The molecule has 2 amide bonds. The van der Waals surface area contributed by atoms with E-state index in [1.807, 2.05) is 80.6 Å². The number of ether oxygens (including phenoxy) is 1. The van der Waals surface area contributed by atoms with Gasteiger partial charge in [-0.3, -0.25) is 14.7 Å². The van der Waals surface area contributed by atoms with Crippen molar-refractivity contribution in [1.29, 1.82) is 0 Å². The van der Waals surface area contributed by atoms with Crippen LogP contribution >= 0.6 is 0 Å². The topological polar surface area (TPSA) is 71.5 Å². The van der Waals surface area contributed by atoms with Crippen LogP contribution in [0, 0.1) is 0 Å². The number of cyclic esters (lactones) is 1. The Kier molecular flexibility index (Phi) is 4.08. The first-order valence-electron chi connectivity index (χ1n) is 10.8. The van der Waals surface area contributed by atoms with Crippen molar-refractivity contribution in [3.05, 3.63) is 90.1 Å². The number of hydrogen-bond donors (Lipinski definition) is 1. The summed E-state index contributed by atoms with van der Waals surface area (Å²) in [5, 5.41) is 3.95. The van der Waals surface area contributed by atoms with Crippen molar-refractivity contribution in [2.24, 2.45) is 0 Å². The average molecular weight is 435 g/mol. The molecule has 0 bridgehead atoms. The third kappa shape index (κ3) is 2.91. The zero-order valence-electron chi connectivity index (χ0n) is 18.2. The number of fused-ring (bicyclic) bond motifs is 7. The Bertz CT molecular complexity index is 1450. The Morgan fingerprint density at radius 2 is 1.82 bits per heavy atom. The van der Waals surface area contributed by atoms with Gasteiger partial charge in [0.15, 0.2) is 0 Å². The zero-order chi connectivity index (χ0) is 22.7. The van der Waals surface area contributed by atoms with E-state index in [4.69, 9.17) is 4.74 Å². The van der Waals surface area contributed by atoms with Gasteiger partial charge in [-0.25, -0.2) is 4.79 Å². The standard InChI is InChI=1S/C27H21N3O3/c1-27(2)24-19-10-4-3-9-18(19)20-15-17(12-13-22(20)30(24)26(32)33-27)25(31)29-21-11-5-7-16-8-6-14-28-23(16)21/h3-15,24H,1-2H3,(H,29,31). The summed E-state index contributed by atoms with van der Waals surface area (Å²) in [6.07, 6.45) is 1.33. The van der Waals surface area contributed by atoms with Crippen LogP contribution in [0.2, 0.25) is 0 Å². The van der Waals surface area contributed by atoms with Crippen LogP contribution in [-0.4, -0.2) is 22.6 Å². The van der Waals surface area contributed by atoms with Crippen molar-refractivity contribution < 1.29 is 14.3 Å². The minimum Gasteiger partial charge on any atom is -0.441 e. The molecule has 3 aromatic carbocycles. The van der Waals surface area contributed by atoms with E-state index in [1.54, 1.807) is 17.2 Å². The Morgan fingerprint density at radius 3 is 2.70 bits per heavy atom. The van der Waals surface area contributed by atoms with Crippen LogP contribution in [0.4, 0.5) is 16.2 Å². The molecule has 3 heterocycles. The molecule has 1 atom stereocenters. The molecule has 2 aliphatic rings. The smallest absolute Gasteiger partial charge is 0.415 e. The van der Waals surface area contributed by atoms with Crippen LogP contribution in [0.15, 0.2) is 79.0 Å². The second kappa shape index (κ2) is 6.90. The molecule has 0 radical (unpaired) electrons. The number of nitrogens with zero attached hydrogens (tertiary/aromatic N) is 2. The van der Waals surface area contributed by atoms with Gasteiger partial charge in [-0.05, 0) is 55.3 Å². The van der Waals surface area contributed by atoms with Crippen LogP contribution in [0.1, 0.15) is 35.8 Å². The number of amides is 2. The Labute approximate surface area is 190 Å². The van der Waals surface area contributed by atoms with Gasteiger partial charge in [-0.1, -0.05) is 42.5 Å². The maximum atomic E-state index is 13.2. The normalized spacial score (nSPS) is 17.7. The summed E-state index contributed by atoms with van der Waals surface area (Å²) in [6.45, 7) is 3.86. The van der Waals surface area contributed by atoms with Crippen molar-refractivity contribution >= 4 is 34.3 Å². The van der Waals surface area contributed by atoms with E-state index in [-0.39, 0.29) is 18.0 Å². The van der Waals surface area contributed by atoms with E-state index >= 15 is 0 Å². The van der Waals surface area contributed by atoms with Gasteiger partial charge in [-0.2, -0.15) is 0 Å². The molecule has 1 fully saturated rings. The van der Waals surface area contributed by atoms with Crippen LogP contribution in [0.5, 0.6) is 0 Å². The molecular weight excluding hydrogens is 414 g/mol. The van der Waals surface area contributed by atoms with Gasteiger partial charge in [0.2, 0.25) is 0 Å². The molecule has 33 heavy (non-hydrogen) atoms. The molecule has 0 saturated carbocycles. The molecule has 0 spiro atoms. The van der Waals surface area contributed by atoms with E-state index in [0.717, 1.165) is 33.3 Å². The minimum absolute atomic E-state index is 0.227. The monoisotopic (exact) mass is 435 g/mol. The Hall–Kier alpha value is -4.19. The number of para-hydroxylation sites is 1. The molecule has 0 aliphatic carbocycles. The van der Waals surface area contributed by atoms with Gasteiger partial charge in [0, 0.05) is 22.7 Å². The number of pyridine rings is 1. The third-order valence-electron chi connectivity index (χ3n) is 6.41. The molecule has 1 unspecified atom stereocenters. The van der Waals surface area contributed by atoms with Crippen LogP contribution in [-0.2, 0) is 4.74 Å². The highest BCUT2D eigenvalue weighted by molar-refractivity contribution is 6.10. The summed E-state index contributed by atoms with van der Waals surface area (Å²) in [6, 6.07) is 22.7. The molecule has 1 aromatic heterocycles. The molecule has 162 valence electrons. The SMILES string of the molecule is CC1(C)OC(=O)N2c3ccc(C(=O)Nc4cccc5cccnc45)cc3-c3ccccc3C21. The maximum absolute atomic E-state index is 13.2. The summed E-state index contributed by atoms with van der Waals surface area (Å²) in [5.41, 5.74) is 4.82. The molecule has 1 N–H and O–H groups in total. The number of benzene rings is 3. The summed E-state index contributed by atoms with van der Waals surface area (Å²) in [7, 11) is 0. The fourth-order valence-corrected chi connectivity index (χ4v) is 4.98. The number of aromatic nitrogens is 1. The van der Waals surface area contributed by atoms with Crippen LogP contribution < -0.4 is 10.2 Å².